The summed E-state index contributed by atoms with van der Waals surface area (Å²) in [5, 5.41) is 0. The molecule has 2 aliphatic rings. The number of ether oxygens (including phenoxy) is 1. The van der Waals surface area contributed by atoms with Gasteiger partial charge in [0, 0.05) is 7.11 Å². The van der Waals surface area contributed by atoms with Crippen molar-refractivity contribution in [3.8, 4) is 0 Å². The summed E-state index contributed by atoms with van der Waals surface area (Å²) in [6.45, 7) is 12.1. The van der Waals surface area contributed by atoms with Crippen LogP contribution in [0.2, 0.25) is 0 Å². The first-order chi connectivity index (χ1) is 12.3. The lowest BCUT2D eigenvalue weighted by molar-refractivity contribution is -0.0492. The Hall–Kier alpha value is -0.0400. The van der Waals surface area contributed by atoms with Crippen molar-refractivity contribution in [3.63, 3.8) is 0 Å². The molecule has 0 aliphatic heterocycles. The van der Waals surface area contributed by atoms with E-state index in [0.717, 1.165) is 23.7 Å². The summed E-state index contributed by atoms with van der Waals surface area (Å²) in [4.78, 5) is 0. The van der Waals surface area contributed by atoms with Gasteiger partial charge in [-0.1, -0.05) is 59.3 Å². The maximum Gasteiger partial charge on any atom is 0.0650 e. The van der Waals surface area contributed by atoms with Crippen LogP contribution < -0.4 is 0 Å². The van der Waals surface area contributed by atoms with E-state index in [1.807, 2.05) is 7.11 Å². The summed E-state index contributed by atoms with van der Waals surface area (Å²) >= 11 is 0. The molecule has 26 heavy (non-hydrogen) atoms. The summed E-state index contributed by atoms with van der Waals surface area (Å²) in [6.07, 6.45) is 18.8. The smallest absolute Gasteiger partial charge is 0.0650 e. The Kier molecular flexibility index (Phi) is 8.51. The van der Waals surface area contributed by atoms with E-state index in [-0.39, 0.29) is 5.60 Å². The predicted octanol–water partition coefficient (Wildman–Crippen LogP) is 8.02. The van der Waals surface area contributed by atoms with Gasteiger partial charge in [-0.3, -0.25) is 0 Å². The third kappa shape index (κ3) is 5.98. The van der Waals surface area contributed by atoms with E-state index in [1.54, 1.807) is 0 Å². The molecule has 0 amide bonds. The third-order valence-electron chi connectivity index (χ3n) is 8.52. The highest BCUT2D eigenvalue weighted by Crippen LogP contribution is 2.48. The Morgan fingerprint density at radius 3 is 2.19 bits per heavy atom. The zero-order chi connectivity index (χ0) is 19.2. The highest BCUT2D eigenvalue weighted by Gasteiger charge is 2.38. The van der Waals surface area contributed by atoms with Crippen molar-refractivity contribution in [2.24, 2.45) is 29.1 Å². The largest absolute Gasteiger partial charge is 0.379 e. The maximum absolute atomic E-state index is 5.83. The van der Waals surface area contributed by atoms with Crippen LogP contribution in [0.3, 0.4) is 0 Å². The standard InChI is InChI=1S/C25H48O/c1-7-20(2)19-25(5,22-13-9-8-10-14-22)17-16-21-12-11-15-23(18-21)24(3,4)26-6/h20-23H,7-19H2,1-6H3. The Bertz CT molecular complexity index is 395. The molecule has 2 fully saturated rings. The van der Waals surface area contributed by atoms with Gasteiger partial charge in [0.05, 0.1) is 5.60 Å². The molecule has 4 atom stereocenters. The van der Waals surface area contributed by atoms with Crippen LogP contribution in [-0.2, 0) is 4.74 Å². The molecule has 0 aromatic heterocycles. The molecule has 154 valence electrons. The number of methoxy groups -OCH3 is 1. The van der Waals surface area contributed by atoms with Crippen molar-refractivity contribution in [2.45, 2.75) is 124 Å². The van der Waals surface area contributed by atoms with E-state index < -0.39 is 0 Å². The van der Waals surface area contributed by atoms with Crippen molar-refractivity contribution in [2.75, 3.05) is 7.11 Å². The van der Waals surface area contributed by atoms with Gasteiger partial charge in [-0.15, -0.1) is 0 Å². The summed E-state index contributed by atoms with van der Waals surface area (Å²) in [7, 11) is 1.90. The molecule has 0 spiro atoms. The van der Waals surface area contributed by atoms with Gasteiger partial charge in [0.2, 0.25) is 0 Å². The summed E-state index contributed by atoms with van der Waals surface area (Å²) < 4.78 is 5.83. The Labute approximate surface area is 165 Å². The fourth-order valence-electron chi connectivity index (χ4n) is 6.10. The van der Waals surface area contributed by atoms with Crippen LogP contribution in [0, 0.1) is 29.1 Å². The van der Waals surface area contributed by atoms with Crippen molar-refractivity contribution < 1.29 is 4.74 Å². The monoisotopic (exact) mass is 364 g/mol. The molecule has 2 rings (SSSR count). The second-order valence-electron chi connectivity index (χ2n) is 10.8. The molecule has 1 heteroatoms. The fraction of sp³-hybridized carbons (Fsp3) is 1.00. The zero-order valence-corrected chi connectivity index (χ0v) is 18.9. The van der Waals surface area contributed by atoms with Gasteiger partial charge in [-0.05, 0) is 87.9 Å². The van der Waals surface area contributed by atoms with Gasteiger partial charge in [0.25, 0.3) is 0 Å². The normalized spacial score (nSPS) is 29.3. The Morgan fingerprint density at radius 2 is 1.58 bits per heavy atom. The highest BCUT2D eigenvalue weighted by molar-refractivity contribution is 4.89. The van der Waals surface area contributed by atoms with E-state index in [4.69, 9.17) is 4.74 Å². The first-order valence-electron chi connectivity index (χ1n) is 11.9. The molecule has 0 heterocycles. The van der Waals surface area contributed by atoms with Crippen LogP contribution in [0.25, 0.3) is 0 Å². The number of hydrogen-bond acceptors (Lipinski definition) is 1. The highest BCUT2D eigenvalue weighted by atomic mass is 16.5. The summed E-state index contributed by atoms with van der Waals surface area (Å²) in [6, 6.07) is 0. The van der Waals surface area contributed by atoms with Crippen LogP contribution in [0.1, 0.15) is 118 Å². The third-order valence-corrected chi connectivity index (χ3v) is 8.52. The molecule has 0 saturated heterocycles. The Morgan fingerprint density at radius 1 is 0.923 bits per heavy atom. The quantitative estimate of drug-likeness (QED) is 0.402. The summed E-state index contributed by atoms with van der Waals surface area (Å²) in [5.74, 6) is 3.55. The van der Waals surface area contributed by atoms with Gasteiger partial charge in [-0.25, -0.2) is 0 Å². The number of rotatable bonds is 9. The zero-order valence-electron chi connectivity index (χ0n) is 18.9. The lowest BCUT2D eigenvalue weighted by Crippen LogP contribution is -2.37. The average Bonchev–Trinajstić information content (AvgIpc) is 2.67. The molecule has 0 N–H and O–H groups in total. The SMILES string of the molecule is CCC(C)CC(C)(CCC1CCCC(C(C)(C)OC)C1)C1CCCCC1. The van der Waals surface area contributed by atoms with Gasteiger partial charge >= 0.3 is 0 Å². The first-order valence-corrected chi connectivity index (χ1v) is 11.9. The summed E-state index contributed by atoms with van der Waals surface area (Å²) in [5.41, 5.74) is 0.641. The molecular weight excluding hydrogens is 316 g/mol. The topological polar surface area (TPSA) is 9.23 Å². The van der Waals surface area contributed by atoms with Gasteiger partial charge in [0.1, 0.15) is 0 Å². The number of hydrogen-bond donors (Lipinski definition) is 0. The minimum absolute atomic E-state index is 0.0576. The van der Waals surface area contributed by atoms with E-state index in [2.05, 4.69) is 34.6 Å². The second kappa shape index (κ2) is 9.94. The van der Waals surface area contributed by atoms with Crippen LogP contribution >= 0.6 is 0 Å². The lowest BCUT2D eigenvalue weighted by Gasteiger charge is -2.44. The van der Waals surface area contributed by atoms with Crippen LogP contribution in [0.4, 0.5) is 0 Å². The van der Waals surface area contributed by atoms with Gasteiger partial charge in [-0.2, -0.15) is 0 Å². The lowest BCUT2D eigenvalue weighted by atomic mass is 9.62. The fourth-order valence-corrected chi connectivity index (χ4v) is 6.10. The van der Waals surface area contributed by atoms with Crippen molar-refractivity contribution in [1.82, 2.24) is 0 Å². The van der Waals surface area contributed by atoms with Crippen molar-refractivity contribution in [1.29, 1.82) is 0 Å². The predicted molar refractivity (Wildman–Crippen MR) is 115 cm³/mol. The molecule has 2 aliphatic carbocycles. The van der Waals surface area contributed by atoms with Crippen LogP contribution in [-0.4, -0.2) is 12.7 Å². The molecule has 0 aromatic rings. The van der Waals surface area contributed by atoms with Crippen molar-refractivity contribution in [3.05, 3.63) is 0 Å². The molecule has 4 unspecified atom stereocenters. The van der Waals surface area contributed by atoms with Crippen LogP contribution in [0.5, 0.6) is 0 Å². The minimum atomic E-state index is 0.0576. The molecule has 1 nitrogen and oxygen atoms in total. The molecule has 0 radical (unpaired) electrons. The van der Waals surface area contributed by atoms with Gasteiger partial charge < -0.3 is 4.74 Å². The van der Waals surface area contributed by atoms with E-state index in [0.29, 0.717) is 5.41 Å². The molecule has 0 aromatic carbocycles. The first kappa shape index (κ1) is 22.3. The minimum Gasteiger partial charge on any atom is -0.379 e. The van der Waals surface area contributed by atoms with Crippen LogP contribution in [0.15, 0.2) is 0 Å². The average molecular weight is 365 g/mol. The Balaban J connectivity index is 1.97. The van der Waals surface area contributed by atoms with E-state index in [1.165, 1.54) is 83.5 Å². The molecule has 0 bridgehead atoms. The van der Waals surface area contributed by atoms with E-state index >= 15 is 0 Å². The second-order valence-corrected chi connectivity index (χ2v) is 10.8. The molecule has 2 saturated carbocycles. The van der Waals surface area contributed by atoms with Crippen molar-refractivity contribution >= 4 is 0 Å². The van der Waals surface area contributed by atoms with E-state index in [9.17, 15) is 0 Å². The van der Waals surface area contributed by atoms with Gasteiger partial charge in [0.15, 0.2) is 0 Å². The molecular formula is C25H48O. The maximum atomic E-state index is 5.83.